The van der Waals surface area contributed by atoms with Crippen LogP contribution in [0.15, 0.2) is 0 Å². The van der Waals surface area contributed by atoms with Gasteiger partial charge in [0.2, 0.25) is 0 Å². The molecule has 4 bridgehead atoms. The van der Waals surface area contributed by atoms with Gasteiger partial charge in [-0.2, -0.15) is 0 Å². The highest BCUT2D eigenvalue weighted by Crippen LogP contribution is 2.46. The number of fused-ring (bicyclic) bond motifs is 1. The zero-order chi connectivity index (χ0) is 12.4. The Bertz CT molecular complexity index is 299. The second kappa shape index (κ2) is 5.07. The van der Waals surface area contributed by atoms with Gasteiger partial charge in [0, 0.05) is 6.92 Å². The maximum atomic E-state index is 11.4. The van der Waals surface area contributed by atoms with E-state index in [4.69, 9.17) is 4.74 Å². The molecule has 2 unspecified atom stereocenters. The standard InChI is InChI=1S/C10H14O2.C3H6O2/c11-10-8-2-6-1-7(3-8)5-9(4-6)12-10;1-3(4)5-2/h6-9H,1-5H2;1-2H3. The first-order valence-corrected chi connectivity index (χ1v) is 6.33. The molecule has 2 heterocycles. The van der Waals surface area contributed by atoms with Gasteiger partial charge >= 0.3 is 11.9 Å². The maximum Gasteiger partial charge on any atom is 0.309 e. The summed E-state index contributed by atoms with van der Waals surface area (Å²) in [5.41, 5.74) is 0. The molecule has 0 aromatic rings. The van der Waals surface area contributed by atoms with Crippen LogP contribution < -0.4 is 0 Å². The molecule has 2 saturated carbocycles. The summed E-state index contributed by atoms with van der Waals surface area (Å²) in [5, 5.41) is 0. The molecule has 2 aliphatic carbocycles. The first kappa shape index (κ1) is 12.4. The molecule has 4 rings (SSSR count). The average molecular weight is 240 g/mol. The van der Waals surface area contributed by atoms with Crippen molar-refractivity contribution in [1.29, 1.82) is 0 Å². The van der Waals surface area contributed by atoms with E-state index in [1.54, 1.807) is 0 Å². The summed E-state index contributed by atoms with van der Waals surface area (Å²) < 4.78 is 9.51. The smallest absolute Gasteiger partial charge is 0.309 e. The topological polar surface area (TPSA) is 52.6 Å². The van der Waals surface area contributed by atoms with E-state index < -0.39 is 0 Å². The summed E-state index contributed by atoms with van der Waals surface area (Å²) in [4.78, 5) is 21.0. The van der Waals surface area contributed by atoms with E-state index >= 15 is 0 Å². The van der Waals surface area contributed by atoms with Gasteiger partial charge in [-0.3, -0.25) is 9.59 Å². The molecule has 2 aliphatic heterocycles. The summed E-state index contributed by atoms with van der Waals surface area (Å²) in [6, 6.07) is 0. The van der Waals surface area contributed by atoms with Gasteiger partial charge in [-0.05, 0) is 43.9 Å². The van der Waals surface area contributed by atoms with Gasteiger partial charge in [-0.15, -0.1) is 0 Å². The van der Waals surface area contributed by atoms with Crippen molar-refractivity contribution in [3.05, 3.63) is 0 Å². The van der Waals surface area contributed by atoms with Crippen molar-refractivity contribution in [1.82, 2.24) is 0 Å². The molecule has 2 saturated heterocycles. The van der Waals surface area contributed by atoms with Crippen molar-refractivity contribution in [3.63, 3.8) is 0 Å². The van der Waals surface area contributed by atoms with Crippen molar-refractivity contribution in [2.45, 2.75) is 45.1 Å². The third-order valence-electron chi connectivity index (χ3n) is 4.00. The molecular formula is C13H20O4. The van der Waals surface area contributed by atoms with Gasteiger partial charge < -0.3 is 9.47 Å². The third-order valence-corrected chi connectivity index (χ3v) is 4.00. The van der Waals surface area contributed by atoms with Gasteiger partial charge in [-0.1, -0.05) is 0 Å². The molecule has 4 nitrogen and oxygen atoms in total. The summed E-state index contributed by atoms with van der Waals surface area (Å²) in [6.45, 7) is 1.36. The Labute approximate surface area is 102 Å². The second-order valence-corrected chi connectivity index (χ2v) is 5.36. The molecule has 0 N–H and O–H groups in total. The summed E-state index contributed by atoms with van der Waals surface area (Å²) >= 11 is 0. The molecule has 0 radical (unpaired) electrons. The van der Waals surface area contributed by atoms with Gasteiger partial charge in [0.1, 0.15) is 6.10 Å². The summed E-state index contributed by atoms with van der Waals surface area (Å²) in [7, 11) is 1.35. The highest BCUT2D eigenvalue weighted by Gasteiger charge is 2.44. The van der Waals surface area contributed by atoms with Crippen LogP contribution in [0.3, 0.4) is 0 Å². The molecule has 0 spiro atoms. The van der Waals surface area contributed by atoms with Crippen LogP contribution in [0, 0.1) is 17.8 Å². The van der Waals surface area contributed by atoms with Crippen molar-refractivity contribution < 1.29 is 19.1 Å². The number of hydrogen-bond acceptors (Lipinski definition) is 4. The van der Waals surface area contributed by atoms with Crippen LogP contribution in [-0.4, -0.2) is 25.2 Å². The highest BCUT2D eigenvalue weighted by atomic mass is 16.5. The normalized spacial score (nSPS) is 37.6. The lowest BCUT2D eigenvalue weighted by atomic mass is 9.68. The Kier molecular flexibility index (Phi) is 3.69. The van der Waals surface area contributed by atoms with E-state index in [0.717, 1.165) is 37.5 Å². The largest absolute Gasteiger partial charge is 0.469 e. The van der Waals surface area contributed by atoms with E-state index in [1.807, 2.05) is 0 Å². The summed E-state index contributed by atoms with van der Waals surface area (Å²) in [6.07, 6.45) is 6.19. The van der Waals surface area contributed by atoms with E-state index in [-0.39, 0.29) is 24.0 Å². The van der Waals surface area contributed by atoms with Crippen molar-refractivity contribution in [3.8, 4) is 0 Å². The predicted octanol–water partition coefficient (Wildman–Crippen LogP) is 1.92. The maximum absolute atomic E-state index is 11.4. The minimum Gasteiger partial charge on any atom is -0.469 e. The van der Waals surface area contributed by atoms with Gasteiger partial charge in [0.25, 0.3) is 0 Å². The molecule has 4 aliphatic rings. The highest BCUT2D eigenvalue weighted by molar-refractivity contribution is 5.73. The SMILES string of the molecule is COC(C)=O.O=C1OC2CC3CC(C2)CC1C3. The lowest BCUT2D eigenvalue weighted by Gasteiger charge is -2.35. The van der Waals surface area contributed by atoms with E-state index in [0.29, 0.717) is 0 Å². The fourth-order valence-corrected chi connectivity index (χ4v) is 3.34. The molecule has 0 aromatic carbocycles. The fraction of sp³-hybridized carbons (Fsp3) is 0.846. The number of carbonyl (C=O) groups is 2. The van der Waals surface area contributed by atoms with Gasteiger partial charge in [-0.25, -0.2) is 0 Å². The van der Waals surface area contributed by atoms with Crippen LogP contribution in [0.25, 0.3) is 0 Å². The number of carbonyl (C=O) groups excluding carboxylic acids is 2. The molecule has 2 atom stereocenters. The monoisotopic (exact) mass is 240 g/mol. The molecule has 17 heavy (non-hydrogen) atoms. The van der Waals surface area contributed by atoms with Crippen LogP contribution in [0.2, 0.25) is 0 Å². The Morgan fingerprint density at radius 3 is 2.18 bits per heavy atom. The zero-order valence-electron chi connectivity index (χ0n) is 10.5. The number of hydrogen-bond donors (Lipinski definition) is 0. The minimum absolute atomic E-state index is 0.102. The minimum atomic E-state index is -0.245. The van der Waals surface area contributed by atoms with Crippen LogP contribution in [-0.2, 0) is 19.1 Å². The number of methoxy groups -OCH3 is 1. The quantitative estimate of drug-likeness (QED) is 0.607. The Hall–Kier alpha value is -1.06. The number of esters is 2. The van der Waals surface area contributed by atoms with Crippen LogP contribution >= 0.6 is 0 Å². The number of ether oxygens (including phenoxy) is 2. The van der Waals surface area contributed by atoms with E-state index in [1.165, 1.54) is 20.5 Å². The van der Waals surface area contributed by atoms with Crippen molar-refractivity contribution in [2.75, 3.05) is 7.11 Å². The molecule has 0 aromatic heterocycles. The average Bonchev–Trinajstić information content (AvgIpc) is 2.43. The van der Waals surface area contributed by atoms with Crippen molar-refractivity contribution >= 4 is 11.9 Å². The van der Waals surface area contributed by atoms with E-state index in [2.05, 4.69) is 4.74 Å². The predicted molar refractivity (Wildman–Crippen MR) is 61.1 cm³/mol. The zero-order valence-corrected chi connectivity index (χ0v) is 10.5. The lowest BCUT2D eigenvalue weighted by Crippen LogP contribution is -2.29. The van der Waals surface area contributed by atoms with Crippen LogP contribution in [0.5, 0.6) is 0 Å². The first-order valence-electron chi connectivity index (χ1n) is 6.33. The molecule has 0 amide bonds. The second-order valence-electron chi connectivity index (χ2n) is 5.36. The summed E-state index contributed by atoms with van der Waals surface area (Å²) in [5.74, 6) is 1.73. The lowest BCUT2D eigenvalue weighted by molar-refractivity contribution is -0.151. The fourth-order valence-electron chi connectivity index (χ4n) is 3.34. The molecular weight excluding hydrogens is 220 g/mol. The van der Waals surface area contributed by atoms with Crippen LogP contribution in [0.1, 0.15) is 39.0 Å². The Morgan fingerprint density at radius 2 is 1.71 bits per heavy atom. The van der Waals surface area contributed by atoms with Gasteiger partial charge in [0.05, 0.1) is 13.0 Å². The molecule has 4 fully saturated rings. The Balaban J connectivity index is 0.000000188. The van der Waals surface area contributed by atoms with Crippen molar-refractivity contribution in [2.24, 2.45) is 17.8 Å². The van der Waals surface area contributed by atoms with Crippen LogP contribution in [0.4, 0.5) is 0 Å². The van der Waals surface area contributed by atoms with Gasteiger partial charge in [0.15, 0.2) is 0 Å². The molecule has 96 valence electrons. The molecule has 4 heteroatoms. The van der Waals surface area contributed by atoms with E-state index in [9.17, 15) is 9.59 Å². The first-order chi connectivity index (χ1) is 8.08. The number of rotatable bonds is 0. The third kappa shape index (κ3) is 2.99. The Morgan fingerprint density at radius 1 is 1.18 bits per heavy atom.